The van der Waals surface area contributed by atoms with Gasteiger partial charge in [0.2, 0.25) is 0 Å². The van der Waals surface area contributed by atoms with Crippen LogP contribution in [0.25, 0.3) is 20.2 Å². The highest BCUT2D eigenvalue weighted by atomic mass is 32.1. The van der Waals surface area contributed by atoms with E-state index in [0.29, 0.717) is 0 Å². The number of nitrogens with zero attached hydrogens (tertiary/aromatic N) is 2. The van der Waals surface area contributed by atoms with Gasteiger partial charge in [-0.3, -0.25) is 0 Å². The normalized spacial score (nSPS) is 20.7. The lowest BCUT2D eigenvalue weighted by Gasteiger charge is -2.49. The first-order valence-corrected chi connectivity index (χ1v) is 26.7. The van der Waals surface area contributed by atoms with Gasteiger partial charge in [0.25, 0.3) is 6.71 Å². The molecule has 2 aliphatic heterocycles. The third kappa shape index (κ3) is 6.13. The van der Waals surface area contributed by atoms with Gasteiger partial charge in [-0.25, -0.2) is 0 Å². The fourth-order valence-corrected chi connectivity index (χ4v) is 15.5. The van der Waals surface area contributed by atoms with Crippen LogP contribution in [-0.4, -0.2) is 6.71 Å². The van der Waals surface area contributed by atoms with Gasteiger partial charge in [0.15, 0.2) is 0 Å². The molecule has 0 saturated heterocycles. The summed E-state index contributed by atoms with van der Waals surface area (Å²) in [6.45, 7) is 39.7. The number of hydrogen-bond acceptors (Lipinski definition) is 3. The third-order valence-corrected chi connectivity index (χ3v) is 19.6. The summed E-state index contributed by atoms with van der Waals surface area (Å²) in [5.41, 5.74) is 24.5. The maximum atomic E-state index is 2.78. The van der Waals surface area contributed by atoms with Gasteiger partial charge in [-0.05, 0) is 186 Å². The fraction of sp³-hybridized carbons (Fsp3) is 0.438. The molecule has 0 saturated carbocycles. The van der Waals surface area contributed by atoms with Gasteiger partial charge < -0.3 is 9.80 Å². The average molecular weight is 913 g/mol. The highest BCUT2D eigenvalue weighted by molar-refractivity contribution is 7.26. The van der Waals surface area contributed by atoms with Crippen LogP contribution in [-0.2, 0) is 37.9 Å². The van der Waals surface area contributed by atoms with Crippen molar-refractivity contribution in [2.75, 3.05) is 9.80 Å². The van der Waals surface area contributed by atoms with E-state index in [1.54, 1.807) is 0 Å². The molecule has 7 aromatic rings. The zero-order chi connectivity index (χ0) is 48.2. The Hall–Kier alpha value is -4.80. The Balaban J connectivity index is 1.27. The van der Waals surface area contributed by atoms with Crippen LogP contribution < -0.4 is 26.2 Å². The van der Waals surface area contributed by atoms with Crippen LogP contribution in [0.15, 0.2) is 91.0 Å². The molecule has 0 radical (unpaired) electrons. The van der Waals surface area contributed by atoms with Crippen molar-refractivity contribution in [3.8, 4) is 0 Å². The van der Waals surface area contributed by atoms with E-state index in [1.165, 1.54) is 141 Å². The number of fused-ring (bicyclic) bond motifs is 10. The summed E-state index contributed by atoms with van der Waals surface area (Å²) >= 11 is 1.93. The van der Waals surface area contributed by atoms with Crippen molar-refractivity contribution in [3.63, 3.8) is 0 Å². The second kappa shape index (κ2) is 13.7. The molecule has 6 aromatic carbocycles. The van der Waals surface area contributed by atoms with Crippen molar-refractivity contribution >= 4 is 88.7 Å². The number of benzene rings is 6. The molecule has 2 nitrogen and oxygen atoms in total. The molecule has 0 bridgehead atoms. The van der Waals surface area contributed by atoms with E-state index in [1.807, 2.05) is 11.3 Å². The summed E-state index contributed by atoms with van der Waals surface area (Å²) in [5.74, 6) is 0. The summed E-state index contributed by atoms with van der Waals surface area (Å²) < 4.78 is 2.69. The van der Waals surface area contributed by atoms with E-state index in [0.717, 1.165) is 6.42 Å². The van der Waals surface area contributed by atoms with Gasteiger partial charge in [0.05, 0.1) is 5.69 Å². The molecule has 1 aromatic heterocycles. The lowest BCUT2D eigenvalue weighted by molar-refractivity contribution is 0.332. The quantitative estimate of drug-likeness (QED) is 0.159. The van der Waals surface area contributed by atoms with Crippen molar-refractivity contribution in [2.45, 2.75) is 181 Å². The van der Waals surface area contributed by atoms with Crippen molar-refractivity contribution in [1.82, 2.24) is 0 Å². The molecule has 3 aliphatic carbocycles. The summed E-state index contributed by atoms with van der Waals surface area (Å²) in [5, 5.41) is 2.70. The molecule has 0 spiro atoms. The zero-order valence-electron chi connectivity index (χ0n) is 44.1. The predicted octanol–water partition coefficient (Wildman–Crippen LogP) is 16.4. The molecular weight excluding hydrogens is 840 g/mol. The first kappa shape index (κ1) is 44.4. The monoisotopic (exact) mass is 913 g/mol. The predicted molar refractivity (Wildman–Crippen MR) is 298 cm³/mol. The van der Waals surface area contributed by atoms with E-state index in [-0.39, 0.29) is 44.6 Å². The first-order chi connectivity index (χ1) is 31.7. The minimum absolute atomic E-state index is 0.0484. The van der Waals surface area contributed by atoms with E-state index >= 15 is 0 Å². The molecule has 0 unspecified atom stereocenters. The number of rotatable bonds is 2. The maximum Gasteiger partial charge on any atom is 0.252 e. The van der Waals surface area contributed by atoms with E-state index in [2.05, 4.69) is 212 Å². The van der Waals surface area contributed by atoms with E-state index < -0.39 is 0 Å². The molecule has 0 fully saturated rings. The van der Waals surface area contributed by atoms with Crippen molar-refractivity contribution in [3.05, 3.63) is 136 Å². The lowest BCUT2D eigenvalue weighted by atomic mass is 9.32. The summed E-state index contributed by atoms with van der Waals surface area (Å²) in [6, 6.07) is 37.5. The number of hydrogen-bond donors (Lipinski definition) is 0. The summed E-state index contributed by atoms with van der Waals surface area (Å²) in [6.07, 6.45) is 5.88. The van der Waals surface area contributed by atoms with Crippen LogP contribution in [0.5, 0.6) is 0 Å². The van der Waals surface area contributed by atoms with Crippen molar-refractivity contribution in [2.24, 2.45) is 0 Å². The van der Waals surface area contributed by atoms with Gasteiger partial charge in [0, 0.05) is 48.6 Å². The van der Waals surface area contributed by atoms with Crippen molar-refractivity contribution < 1.29 is 0 Å². The van der Waals surface area contributed by atoms with E-state index in [4.69, 9.17) is 0 Å². The van der Waals surface area contributed by atoms with E-state index in [9.17, 15) is 0 Å². The largest absolute Gasteiger partial charge is 0.311 e. The second-order valence-electron chi connectivity index (χ2n) is 27.1. The molecule has 68 heavy (non-hydrogen) atoms. The average Bonchev–Trinajstić information content (AvgIpc) is 3.72. The van der Waals surface area contributed by atoms with Crippen LogP contribution in [0.1, 0.15) is 180 Å². The number of aryl methyl sites for hydroxylation is 1. The van der Waals surface area contributed by atoms with Crippen LogP contribution in [0.4, 0.5) is 34.1 Å². The smallest absolute Gasteiger partial charge is 0.252 e. The Morgan fingerprint density at radius 3 is 1.43 bits per heavy atom. The number of anilines is 6. The molecule has 0 amide bonds. The second-order valence-corrected chi connectivity index (χ2v) is 28.2. The minimum atomic E-state index is -0.108. The Morgan fingerprint density at radius 1 is 0.456 bits per heavy atom. The molecule has 5 aliphatic rings. The van der Waals surface area contributed by atoms with Gasteiger partial charge in [-0.15, -0.1) is 11.3 Å². The standard InChI is InChI=1S/C64H73BN2S/c1-37-28-40-45(64(15,16)36-63(40,13)14)33-49(37)67-51-35-44-42(60(7,8)25-27-62(44,11)12)32-47(51)65-46-31-41-43(61(9,10)26-24-59(41,5)6)34-50(46)66(52-29-38(58(2,3)4)30-53(67)57(52)65)48-21-19-23-55-56(48)39-20-17-18-22-54(39)68-55/h17-23,28-35H,24-27,36H2,1-16H3. The highest BCUT2D eigenvalue weighted by Gasteiger charge is 2.50. The zero-order valence-corrected chi connectivity index (χ0v) is 44.9. The molecular formula is C64H73BN2S. The van der Waals surface area contributed by atoms with Gasteiger partial charge >= 0.3 is 0 Å². The Morgan fingerprint density at radius 2 is 0.897 bits per heavy atom. The maximum absolute atomic E-state index is 2.78. The van der Waals surface area contributed by atoms with Crippen LogP contribution in [0, 0.1) is 6.92 Å². The van der Waals surface area contributed by atoms with Crippen LogP contribution in [0.2, 0.25) is 0 Å². The van der Waals surface area contributed by atoms with Crippen LogP contribution in [0.3, 0.4) is 0 Å². The van der Waals surface area contributed by atoms with Gasteiger partial charge in [-0.1, -0.05) is 146 Å². The highest BCUT2D eigenvalue weighted by Crippen LogP contribution is 2.57. The topological polar surface area (TPSA) is 6.48 Å². The van der Waals surface area contributed by atoms with Crippen LogP contribution >= 0.6 is 11.3 Å². The minimum Gasteiger partial charge on any atom is -0.311 e. The fourth-order valence-electron chi connectivity index (χ4n) is 14.4. The number of thiophene rings is 1. The summed E-state index contributed by atoms with van der Waals surface area (Å²) in [7, 11) is 0. The van der Waals surface area contributed by atoms with Gasteiger partial charge in [-0.2, -0.15) is 0 Å². The molecule has 12 rings (SSSR count). The molecule has 348 valence electrons. The third-order valence-electron chi connectivity index (χ3n) is 18.4. The molecule has 0 atom stereocenters. The summed E-state index contributed by atoms with van der Waals surface area (Å²) in [4.78, 5) is 5.54. The van der Waals surface area contributed by atoms with Crippen molar-refractivity contribution in [1.29, 1.82) is 0 Å². The SMILES string of the molecule is Cc1cc2c(cc1N1c3cc4c(cc3B3c5cc6c(cc5N(c5cccc7sc8ccccc8c57)c5cc(C(C)(C)C)cc1c53)C(C)(C)CCC6(C)C)C(C)(C)CCC4(C)C)C(C)(C)CC2(C)C. The lowest BCUT2D eigenvalue weighted by Crippen LogP contribution is -2.62. The molecule has 4 heteroatoms. The Labute approximate surface area is 412 Å². The Kier molecular flexibility index (Phi) is 8.98. The Bertz CT molecular complexity index is 3340. The molecule has 3 heterocycles. The molecule has 0 N–H and O–H groups in total. The first-order valence-electron chi connectivity index (χ1n) is 25.9. The van der Waals surface area contributed by atoms with Gasteiger partial charge in [0.1, 0.15) is 0 Å².